The lowest BCUT2D eigenvalue weighted by Gasteiger charge is -2.26. The molecule has 0 aliphatic heterocycles. The number of ether oxygens (including phenoxy) is 1. The minimum atomic E-state index is -5.22. The quantitative estimate of drug-likeness (QED) is 0.757. The Bertz CT molecular complexity index is 245. The molecule has 0 aromatic heterocycles. The molecule has 90 valence electrons. The summed E-state index contributed by atoms with van der Waals surface area (Å²) in [6, 6.07) is 0. The fourth-order valence-electron chi connectivity index (χ4n) is 0.522. The summed E-state index contributed by atoms with van der Waals surface area (Å²) < 4.78 is 53.8. The molecule has 0 heterocycles. The molecule has 0 unspecified atom stereocenters. The number of rotatable bonds is 4. The van der Waals surface area contributed by atoms with E-state index in [1.54, 1.807) is 0 Å². The van der Waals surface area contributed by atoms with E-state index in [9.17, 15) is 22.4 Å². The third kappa shape index (κ3) is 3.65. The van der Waals surface area contributed by atoms with E-state index < -0.39 is 30.0 Å². The zero-order chi connectivity index (χ0) is 12.5. The van der Waals surface area contributed by atoms with Crippen LogP contribution in [0.4, 0.5) is 17.6 Å². The highest BCUT2D eigenvalue weighted by Gasteiger charge is 2.64. The van der Waals surface area contributed by atoms with Gasteiger partial charge >= 0.3 is 18.0 Å². The predicted molar refractivity (Wildman–Crippen MR) is 42.9 cm³/mol. The largest absolute Gasteiger partial charge is 0.477 e. The maximum absolute atomic E-state index is 12.6. The van der Waals surface area contributed by atoms with Crippen molar-refractivity contribution in [3.63, 3.8) is 0 Å². The molecule has 0 radical (unpaired) electrons. The number of carboxylic acids is 1. The first-order chi connectivity index (χ1) is 6.40. The molecular weight excluding hydrogens is 220 g/mol. The van der Waals surface area contributed by atoms with Crippen molar-refractivity contribution in [3.8, 4) is 0 Å². The number of alkyl halides is 4. The van der Waals surface area contributed by atoms with Crippen LogP contribution in [0.1, 0.15) is 20.8 Å². The van der Waals surface area contributed by atoms with Crippen molar-refractivity contribution in [1.29, 1.82) is 0 Å². The smallest absolute Gasteiger partial charge is 0.431 e. The number of hydrogen-bond acceptors (Lipinski definition) is 2. The number of halogens is 4. The minimum absolute atomic E-state index is 0.678. The topological polar surface area (TPSA) is 46.5 Å². The Hall–Kier alpha value is -0.850. The average molecular weight is 232 g/mol. The van der Waals surface area contributed by atoms with Crippen LogP contribution >= 0.6 is 0 Å². The van der Waals surface area contributed by atoms with Gasteiger partial charge in [-0.05, 0) is 5.41 Å². The predicted octanol–water partition coefficient (Wildman–Crippen LogP) is 2.36. The monoisotopic (exact) mass is 232 g/mol. The lowest BCUT2D eigenvalue weighted by molar-refractivity contribution is -0.343. The summed E-state index contributed by atoms with van der Waals surface area (Å²) in [6.45, 7) is 3.79. The summed E-state index contributed by atoms with van der Waals surface area (Å²) in [6.07, 6.45) is -5.01. The SMILES string of the molecule is CC(C)(C)COC(F)(F)C(F)(F)C(=O)O. The highest BCUT2D eigenvalue weighted by Crippen LogP contribution is 2.36. The van der Waals surface area contributed by atoms with Gasteiger partial charge in [-0.3, -0.25) is 0 Å². The molecule has 0 spiro atoms. The molecule has 0 atom stereocenters. The lowest BCUT2D eigenvalue weighted by atomic mass is 9.99. The molecule has 0 aromatic rings. The van der Waals surface area contributed by atoms with Gasteiger partial charge < -0.3 is 9.84 Å². The van der Waals surface area contributed by atoms with Crippen LogP contribution in [0.15, 0.2) is 0 Å². The van der Waals surface area contributed by atoms with Gasteiger partial charge in [-0.25, -0.2) is 4.79 Å². The van der Waals surface area contributed by atoms with Gasteiger partial charge in [0.1, 0.15) is 0 Å². The van der Waals surface area contributed by atoms with Gasteiger partial charge in [0.25, 0.3) is 0 Å². The number of hydrogen-bond donors (Lipinski definition) is 1. The van der Waals surface area contributed by atoms with Crippen LogP contribution in [0.25, 0.3) is 0 Å². The Labute approximate surface area is 84.0 Å². The molecule has 0 aliphatic carbocycles. The minimum Gasteiger partial charge on any atom is -0.477 e. The number of carbonyl (C=O) groups is 1. The second kappa shape index (κ2) is 3.96. The highest BCUT2D eigenvalue weighted by atomic mass is 19.3. The van der Waals surface area contributed by atoms with Crippen molar-refractivity contribution in [3.05, 3.63) is 0 Å². The highest BCUT2D eigenvalue weighted by molar-refractivity contribution is 5.76. The van der Waals surface area contributed by atoms with Crippen LogP contribution in [0.5, 0.6) is 0 Å². The van der Waals surface area contributed by atoms with E-state index in [1.807, 2.05) is 0 Å². The van der Waals surface area contributed by atoms with Crippen LogP contribution < -0.4 is 0 Å². The molecule has 3 nitrogen and oxygen atoms in total. The molecule has 0 bridgehead atoms. The summed E-state index contributed by atoms with van der Waals surface area (Å²) >= 11 is 0. The third-order valence-electron chi connectivity index (χ3n) is 1.32. The molecule has 0 saturated carbocycles. The second-order valence-electron chi connectivity index (χ2n) is 4.25. The molecule has 0 fully saturated rings. The van der Waals surface area contributed by atoms with E-state index in [0.717, 1.165) is 0 Å². The number of carboxylic acid groups (broad SMARTS) is 1. The van der Waals surface area contributed by atoms with Crippen molar-refractivity contribution < 1.29 is 32.2 Å². The molecule has 1 N–H and O–H groups in total. The van der Waals surface area contributed by atoms with E-state index in [1.165, 1.54) is 20.8 Å². The zero-order valence-corrected chi connectivity index (χ0v) is 8.48. The molecule has 0 aliphatic rings. The summed E-state index contributed by atoms with van der Waals surface area (Å²) in [7, 11) is 0. The first kappa shape index (κ1) is 14.2. The maximum atomic E-state index is 12.6. The van der Waals surface area contributed by atoms with E-state index in [-0.39, 0.29) is 0 Å². The van der Waals surface area contributed by atoms with Gasteiger partial charge in [0, 0.05) is 0 Å². The average Bonchev–Trinajstić information content (AvgIpc) is 1.99. The first-order valence-electron chi connectivity index (χ1n) is 4.03. The van der Waals surface area contributed by atoms with E-state index in [4.69, 9.17) is 5.11 Å². The first-order valence-corrected chi connectivity index (χ1v) is 4.03. The summed E-state index contributed by atoms with van der Waals surface area (Å²) in [5, 5.41) is 7.90. The van der Waals surface area contributed by atoms with Crippen LogP contribution in [0.3, 0.4) is 0 Å². The van der Waals surface area contributed by atoms with Gasteiger partial charge in [-0.2, -0.15) is 17.6 Å². The van der Waals surface area contributed by atoms with Gasteiger partial charge in [0.15, 0.2) is 0 Å². The Morgan fingerprint density at radius 2 is 1.60 bits per heavy atom. The van der Waals surface area contributed by atoms with Crippen molar-refractivity contribution in [1.82, 2.24) is 0 Å². The second-order valence-corrected chi connectivity index (χ2v) is 4.25. The van der Waals surface area contributed by atoms with E-state index in [2.05, 4.69) is 4.74 Å². The summed E-state index contributed by atoms with van der Waals surface area (Å²) in [5.74, 6) is -8.14. The summed E-state index contributed by atoms with van der Waals surface area (Å²) in [4.78, 5) is 9.88. The molecule has 0 rings (SSSR count). The van der Waals surface area contributed by atoms with Crippen molar-refractivity contribution in [2.24, 2.45) is 5.41 Å². The molecule has 0 amide bonds. The fraction of sp³-hybridized carbons (Fsp3) is 0.875. The zero-order valence-electron chi connectivity index (χ0n) is 8.48. The van der Waals surface area contributed by atoms with Crippen LogP contribution in [0, 0.1) is 5.41 Å². The van der Waals surface area contributed by atoms with Crippen LogP contribution in [-0.2, 0) is 9.53 Å². The Balaban J connectivity index is 4.62. The molecule has 7 heteroatoms. The van der Waals surface area contributed by atoms with Crippen molar-refractivity contribution >= 4 is 5.97 Å². The fourth-order valence-corrected chi connectivity index (χ4v) is 0.522. The normalized spacial score (nSPS) is 14.1. The van der Waals surface area contributed by atoms with Crippen molar-refractivity contribution in [2.75, 3.05) is 6.61 Å². The van der Waals surface area contributed by atoms with Crippen LogP contribution in [0.2, 0.25) is 0 Å². The van der Waals surface area contributed by atoms with Gasteiger partial charge in [0.05, 0.1) is 6.61 Å². The molecule has 0 aromatic carbocycles. The summed E-state index contributed by atoms with van der Waals surface area (Å²) in [5.41, 5.74) is -0.766. The van der Waals surface area contributed by atoms with Gasteiger partial charge in [-0.1, -0.05) is 20.8 Å². The van der Waals surface area contributed by atoms with Crippen LogP contribution in [-0.4, -0.2) is 29.7 Å². The van der Waals surface area contributed by atoms with Crippen molar-refractivity contribution in [2.45, 2.75) is 32.8 Å². The Kier molecular flexibility index (Phi) is 3.73. The third-order valence-corrected chi connectivity index (χ3v) is 1.32. The van der Waals surface area contributed by atoms with Gasteiger partial charge in [-0.15, -0.1) is 0 Å². The molecule has 15 heavy (non-hydrogen) atoms. The molecule has 0 saturated heterocycles. The lowest BCUT2D eigenvalue weighted by Crippen LogP contribution is -2.49. The molecular formula is C8H12F4O3. The Morgan fingerprint density at radius 3 is 1.87 bits per heavy atom. The van der Waals surface area contributed by atoms with E-state index in [0.29, 0.717) is 0 Å². The van der Waals surface area contributed by atoms with E-state index >= 15 is 0 Å². The van der Waals surface area contributed by atoms with Gasteiger partial charge in [0.2, 0.25) is 0 Å². The number of aliphatic carboxylic acids is 1. The Morgan fingerprint density at radius 1 is 1.20 bits per heavy atom. The maximum Gasteiger partial charge on any atom is 0.431 e. The standard InChI is InChI=1S/C8H12F4O3/c1-6(2,3)4-15-8(11,12)7(9,10)5(13)14/h4H2,1-3H3,(H,13,14).